The van der Waals surface area contributed by atoms with Crippen molar-refractivity contribution in [2.75, 3.05) is 37.6 Å². The molecule has 21 heavy (non-hydrogen) atoms. The molecule has 1 aromatic carbocycles. The van der Waals surface area contributed by atoms with Gasteiger partial charge in [-0.15, -0.1) is 0 Å². The van der Waals surface area contributed by atoms with Crippen molar-refractivity contribution in [3.05, 3.63) is 29.3 Å². The minimum Gasteiger partial charge on any atom is -0.478 e. The number of carbonyl (C=O) groups is 1. The van der Waals surface area contributed by atoms with Gasteiger partial charge in [0, 0.05) is 13.1 Å². The van der Waals surface area contributed by atoms with E-state index in [-0.39, 0.29) is 0 Å². The van der Waals surface area contributed by atoms with E-state index in [0.29, 0.717) is 5.56 Å². The summed E-state index contributed by atoms with van der Waals surface area (Å²) in [6, 6.07) is 5.54. The lowest BCUT2D eigenvalue weighted by atomic mass is 10.1. The molecular formula is C17H28N2O2. The predicted octanol–water partition coefficient (Wildman–Crippen LogP) is 3.25. The van der Waals surface area contributed by atoms with Crippen LogP contribution in [0.4, 0.5) is 5.69 Å². The van der Waals surface area contributed by atoms with Gasteiger partial charge >= 0.3 is 5.97 Å². The number of carboxylic acid groups (broad SMARTS) is 1. The zero-order chi connectivity index (χ0) is 15.8. The van der Waals surface area contributed by atoms with E-state index in [1.807, 2.05) is 19.1 Å². The molecule has 0 bridgehead atoms. The summed E-state index contributed by atoms with van der Waals surface area (Å²) in [4.78, 5) is 16.0. The summed E-state index contributed by atoms with van der Waals surface area (Å²) in [6.45, 7) is 13.3. The molecule has 0 atom stereocenters. The Balaban J connectivity index is 2.80. The molecular weight excluding hydrogens is 264 g/mol. The number of rotatable bonds is 9. The van der Waals surface area contributed by atoms with Crippen molar-refractivity contribution in [1.82, 2.24) is 4.90 Å². The molecule has 118 valence electrons. The number of anilines is 1. The first-order chi connectivity index (χ1) is 10.0. The van der Waals surface area contributed by atoms with E-state index in [2.05, 4.69) is 30.6 Å². The summed E-state index contributed by atoms with van der Waals surface area (Å²) in [5.74, 6) is -0.854. The summed E-state index contributed by atoms with van der Waals surface area (Å²) in [5, 5.41) is 9.36. The lowest BCUT2D eigenvalue weighted by Crippen LogP contribution is -2.30. The van der Waals surface area contributed by atoms with Crippen LogP contribution in [0.1, 0.15) is 43.1 Å². The fourth-order valence-electron chi connectivity index (χ4n) is 2.56. The van der Waals surface area contributed by atoms with E-state index in [0.717, 1.165) is 50.4 Å². The van der Waals surface area contributed by atoms with Crippen LogP contribution in [-0.2, 0) is 0 Å². The van der Waals surface area contributed by atoms with Gasteiger partial charge in [0.1, 0.15) is 0 Å². The van der Waals surface area contributed by atoms with Gasteiger partial charge in [0.15, 0.2) is 0 Å². The van der Waals surface area contributed by atoms with Crippen LogP contribution in [0.2, 0.25) is 0 Å². The molecule has 0 aromatic heterocycles. The second-order valence-electron chi connectivity index (χ2n) is 5.29. The van der Waals surface area contributed by atoms with Crippen LogP contribution < -0.4 is 4.90 Å². The number of hydrogen-bond acceptors (Lipinski definition) is 3. The molecule has 0 saturated heterocycles. The zero-order valence-corrected chi connectivity index (χ0v) is 13.7. The summed E-state index contributed by atoms with van der Waals surface area (Å²) in [5.41, 5.74) is 2.33. The molecule has 0 heterocycles. The molecule has 0 spiro atoms. The molecule has 4 nitrogen and oxygen atoms in total. The SMILES string of the molecule is CCN(CC)CCCN(CC)c1cc(C)ccc1C(=O)O. The average molecular weight is 292 g/mol. The summed E-state index contributed by atoms with van der Waals surface area (Å²) >= 11 is 0. The lowest BCUT2D eigenvalue weighted by Gasteiger charge is -2.27. The third kappa shape index (κ3) is 5.05. The minimum absolute atomic E-state index is 0.394. The summed E-state index contributed by atoms with van der Waals surface area (Å²) in [6.07, 6.45) is 1.04. The smallest absolute Gasteiger partial charge is 0.337 e. The van der Waals surface area contributed by atoms with Crippen molar-refractivity contribution in [1.29, 1.82) is 0 Å². The number of hydrogen-bond donors (Lipinski definition) is 1. The van der Waals surface area contributed by atoms with Crippen LogP contribution in [0.5, 0.6) is 0 Å². The second-order valence-corrected chi connectivity index (χ2v) is 5.29. The summed E-state index contributed by atoms with van der Waals surface area (Å²) in [7, 11) is 0. The van der Waals surface area contributed by atoms with Crippen molar-refractivity contribution in [3.8, 4) is 0 Å². The van der Waals surface area contributed by atoms with Gasteiger partial charge in [-0.05, 0) is 57.6 Å². The second kappa shape index (κ2) is 8.67. The first-order valence-electron chi connectivity index (χ1n) is 7.84. The Morgan fingerprint density at radius 1 is 1.10 bits per heavy atom. The van der Waals surface area contributed by atoms with Crippen LogP contribution in [-0.4, -0.2) is 48.7 Å². The fraction of sp³-hybridized carbons (Fsp3) is 0.588. The Morgan fingerprint density at radius 2 is 1.76 bits per heavy atom. The maximum absolute atomic E-state index is 11.4. The highest BCUT2D eigenvalue weighted by atomic mass is 16.4. The Kier molecular flexibility index (Phi) is 7.23. The lowest BCUT2D eigenvalue weighted by molar-refractivity contribution is 0.0697. The molecule has 0 aliphatic rings. The van der Waals surface area contributed by atoms with Gasteiger partial charge in [-0.3, -0.25) is 0 Å². The first-order valence-corrected chi connectivity index (χ1v) is 7.84. The standard InChI is InChI=1S/C17H28N2O2/c1-5-18(6-2)11-8-12-19(7-3)16-13-14(4)9-10-15(16)17(20)21/h9-10,13H,5-8,11-12H2,1-4H3,(H,20,21). The van der Waals surface area contributed by atoms with Crippen LogP contribution in [0.3, 0.4) is 0 Å². The largest absolute Gasteiger partial charge is 0.478 e. The predicted molar refractivity (Wildman–Crippen MR) is 88.4 cm³/mol. The van der Waals surface area contributed by atoms with Gasteiger partial charge in [0.2, 0.25) is 0 Å². The van der Waals surface area contributed by atoms with Crippen molar-refractivity contribution < 1.29 is 9.90 Å². The highest BCUT2D eigenvalue weighted by Crippen LogP contribution is 2.22. The molecule has 0 saturated carbocycles. The first kappa shape index (κ1) is 17.5. The van der Waals surface area contributed by atoms with E-state index < -0.39 is 5.97 Å². The molecule has 0 aliphatic carbocycles. The highest BCUT2D eigenvalue weighted by molar-refractivity contribution is 5.94. The molecule has 0 aliphatic heterocycles. The van der Waals surface area contributed by atoms with E-state index in [9.17, 15) is 9.90 Å². The third-order valence-corrected chi connectivity index (χ3v) is 3.90. The molecule has 0 radical (unpaired) electrons. The van der Waals surface area contributed by atoms with Gasteiger partial charge in [-0.1, -0.05) is 19.9 Å². The number of aromatic carboxylic acids is 1. The molecule has 4 heteroatoms. The topological polar surface area (TPSA) is 43.8 Å². The van der Waals surface area contributed by atoms with E-state index in [4.69, 9.17) is 0 Å². The molecule has 1 N–H and O–H groups in total. The normalized spacial score (nSPS) is 10.9. The van der Waals surface area contributed by atoms with Gasteiger partial charge in [0.25, 0.3) is 0 Å². The molecule has 0 fully saturated rings. The minimum atomic E-state index is -0.854. The van der Waals surface area contributed by atoms with Crippen LogP contribution in [0, 0.1) is 6.92 Å². The zero-order valence-electron chi connectivity index (χ0n) is 13.7. The van der Waals surface area contributed by atoms with Crippen LogP contribution in [0.15, 0.2) is 18.2 Å². The van der Waals surface area contributed by atoms with Crippen LogP contribution >= 0.6 is 0 Å². The van der Waals surface area contributed by atoms with Crippen molar-refractivity contribution in [2.24, 2.45) is 0 Å². The fourth-order valence-corrected chi connectivity index (χ4v) is 2.56. The van der Waals surface area contributed by atoms with Gasteiger partial charge in [-0.2, -0.15) is 0 Å². The van der Waals surface area contributed by atoms with Gasteiger partial charge in [0.05, 0.1) is 11.3 Å². The highest BCUT2D eigenvalue weighted by Gasteiger charge is 2.15. The number of nitrogens with zero attached hydrogens (tertiary/aromatic N) is 2. The number of benzene rings is 1. The Hall–Kier alpha value is -1.55. The van der Waals surface area contributed by atoms with Crippen LogP contribution in [0.25, 0.3) is 0 Å². The van der Waals surface area contributed by atoms with Crippen molar-refractivity contribution >= 4 is 11.7 Å². The number of aryl methyl sites for hydroxylation is 1. The Morgan fingerprint density at radius 3 is 2.29 bits per heavy atom. The summed E-state index contributed by atoms with van der Waals surface area (Å²) < 4.78 is 0. The van der Waals surface area contributed by atoms with Crippen molar-refractivity contribution in [2.45, 2.75) is 34.1 Å². The maximum Gasteiger partial charge on any atom is 0.337 e. The van der Waals surface area contributed by atoms with E-state index in [1.165, 1.54) is 0 Å². The van der Waals surface area contributed by atoms with E-state index in [1.54, 1.807) is 6.07 Å². The number of carboxylic acids is 1. The third-order valence-electron chi connectivity index (χ3n) is 3.90. The average Bonchev–Trinajstić information content (AvgIpc) is 2.47. The molecule has 1 aromatic rings. The van der Waals surface area contributed by atoms with Gasteiger partial charge < -0.3 is 14.9 Å². The van der Waals surface area contributed by atoms with Crippen molar-refractivity contribution in [3.63, 3.8) is 0 Å². The maximum atomic E-state index is 11.4. The monoisotopic (exact) mass is 292 g/mol. The Labute approximate surface area is 128 Å². The van der Waals surface area contributed by atoms with E-state index >= 15 is 0 Å². The molecule has 0 amide bonds. The van der Waals surface area contributed by atoms with Gasteiger partial charge in [-0.25, -0.2) is 4.79 Å². The Bertz CT molecular complexity index is 456. The quantitative estimate of drug-likeness (QED) is 0.759. The molecule has 1 rings (SSSR count). The molecule has 0 unspecified atom stereocenters.